The van der Waals surface area contributed by atoms with E-state index in [2.05, 4.69) is 4.98 Å². The van der Waals surface area contributed by atoms with E-state index < -0.39 is 0 Å². The van der Waals surface area contributed by atoms with E-state index in [1.54, 1.807) is 35.9 Å². The minimum atomic E-state index is -0.255. The van der Waals surface area contributed by atoms with E-state index in [0.717, 1.165) is 0 Å². The van der Waals surface area contributed by atoms with Crippen LogP contribution in [-0.2, 0) is 10.5 Å². The lowest BCUT2D eigenvalue weighted by Gasteiger charge is -2.19. The number of benzene rings is 2. The van der Waals surface area contributed by atoms with Crippen molar-refractivity contribution in [2.75, 3.05) is 13.7 Å². The van der Waals surface area contributed by atoms with Crippen LogP contribution < -0.4 is 5.56 Å². The Morgan fingerprint density at radius 1 is 1.20 bits per heavy atom. The molecule has 0 aliphatic heterocycles. The van der Waals surface area contributed by atoms with Gasteiger partial charge in [-0.1, -0.05) is 42.1 Å². The molecule has 0 radical (unpaired) electrons. The average Bonchev–Trinajstić information content (AvgIpc) is 2.61. The molecule has 0 fully saturated rings. The highest BCUT2D eigenvalue weighted by Crippen LogP contribution is 2.25. The van der Waals surface area contributed by atoms with E-state index in [1.807, 2.05) is 25.1 Å². The first-order valence-corrected chi connectivity index (χ1v) is 8.96. The summed E-state index contributed by atoms with van der Waals surface area (Å²) in [6, 6.07) is 13.7. The lowest BCUT2D eigenvalue weighted by molar-refractivity contribution is 0.156. The maximum absolute atomic E-state index is 13.9. The third-order valence-corrected chi connectivity index (χ3v) is 4.94. The topological polar surface area (TPSA) is 44.1 Å². The highest BCUT2D eigenvalue weighted by molar-refractivity contribution is 7.98. The summed E-state index contributed by atoms with van der Waals surface area (Å²) >= 11 is 1.35. The Bertz CT molecular complexity index is 942. The smallest absolute Gasteiger partial charge is 0.262 e. The summed E-state index contributed by atoms with van der Waals surface area (Å²) in [6.07, 6.45) is 0. The van der Waals surface area contributed by atoms with Crippen LogP contribution in [0.15, 0.2) is 58.5 Å². The number of para-hydroxylation sites is 1. The van der Waals surface area contributed by atoms with Crippen LogP contribution in [0, 0.1) is 5.82 Å². The molecule has 0 saturated heterocycles. The molecule has 6 heteroatoms. The summed E-state index contributed by atoms with van der Waals surface area (Å²) in [7, 11) is 1.60. The quantitative estimate of drug-likeness (QED) is 0.493. The van der Waals surface area contributed by atoms with Crippen molar-refractivity contribution < 1.29 is 9.13 Å². The van der Waals surface area contributed by atoms with Crippen molar-refractivity contribution in [2.24, 2.45) is 0 Å². The van der Waals surface area contributed by atoms with Gasteiger partial charge in [-0.2, -0.15) is 0 Å². The molecular weight excluding hydrogens is 339 g/mol. The summed E-state index contributed by atoms with van der Waals surface area (Å²) in [5, 5.41) is 1.14. The van der Waals surface area contributed by atoms with E-state index in [-0.39, 0.29) is 17.4 Å². The molecule has 25 heavy (non-hydrogen) atoms. The van der Waals surface area contributed by atoms with Gasteiger partial charge >= 0.3 is 0 Å². The minimum Gasteiger partial charge on any atom is -0.383 e. The molecule has 0 saturated carbocycles. The zero-order chi connectivity index (χ0) is 17.8. The van der Waals surface area contributed by atoms with E-state index in [0.29, 0.717) is 34.0 Å². The largest absolute Gasteiger partial charge is 0.383 e. The van der Waals surface area contributed by atoms with Crippen LogP contribution in [0.25, 0.3) is 10.9 Å². The van der Waals surface area contributed by atoms with Crippen molar-refractivity contribution in [3.05, 3.63) is 70.3 Å². The Morgan fingerprint density at radius 2 is 1.92 bits per heavy atom. The van der Waals surface area contributed by atoms with Gasteiger partial charge in [-0.15, -0.1) is 0 Å². The third kappa shape index (κ3) is 3.75. The van der Waals surface area contributed by atoms with Gasteiger partial charge < -0.3 is 4.74 Å². The first kappa shape index (κ1) is 17.6. The first-order valence-electron chi connectivity index (χ1n) is 7.98. The first-order chi connectivity index (χ1) is 12.1. The molecule has 0 unspecified atom stereocenters. The number of ether oxygens (including phenoxy) is 1. The van der Waals surface area contributed by atoms with Crippen LogP contribution >= 0.6 is 11.8 Å². The fourth-order valence-corrected chi connectivity index (χ4v) is 3.77. The van der Waals surface area contributed by atoms with Gasteiger partial charge in [0.05, 0.1) is 23.6 Å². The van der Waals surface area contributed by atoms with E-state index in [1.165, 1.54) is 17.8 Å². The zero-order valence-corrected chi connectivity index (χ0v) is 14.9. The molecule has 4 nitrogen and oxygen atoms in total. The molecule has 0 aliphatic rings. The molecule has 1 atom stereocenters. The molecule has 1 heterocycles. The molecule has 0 spiro atoms. The van der Waals surface area contributed by atoms with Crippen LogP contribution in [0.4, 0.5) is 4.39 Å². The molecule has 0 amide bonds. The second-order valence-electron chi connectivity index (χ2n) is 5.77. The summed E-state index contributed by atoms with van der Waals surface area (Å²) in [6.45, 7) is 2.31. The number of rotatable bonds is 6. The SMILES string of the molecule is COC[C@H](C)n1c(SCc2ccccc2F)nc2ccccc2c1=O. The lowest BCUT2D eigenvalue weighted by Crippen LogP contribution is -2.28. The minimum absolute atomic E-state index is 0.105. The van der Waals surface area contributed by atoms with E-state index in [4.69, 9.17) is 4.74 Å². The van der Waals surface area contributed by atoms with Crippen molar-refractivity contribution in [3.8, 4) is 0 Å². The average molecular weight is 358 g/mol. The molecule has 2 aromatic carbocycles. The number of aromatic nitrogens is 2. The number of fused-ring (bicyclic) bond motifs is 1. The maximum atomic E-state index is 13.9. The molecule has 0 aliphatic carbocycles. The highest BCUT2D eigenvalue weighted by Gasteiger charge is 2.17. The van der Waals surface area contributed by atoms with Gasteiger partial charge in [0.2, 0.25) is 0 Å². The molecule has 130 valence electrons. The zero-order valence-electron chi connectivity index (χ0n) is 14.1. The molecular formula is C19H19FN2O2S. The van der Waals surface area contributed by atoms with Crippen LogP contribution in [0.5, 0.6) is 0 Å². The Labute approximate surface area is 149 Å². The summed E-state index contributed by atoms with van der Waals surface area (Å²) < 4.78 is 20.7. The van der Waals surface area contributed by atoms with Gasteiger partial charge in [0.25, 0.3) is 5.56 Å². The van der Waals surface area contributed by atoms with Crippen molar-refractivity contribution >= 4 is 22.7 Å². The van der Waals surface area contributed by atoms with Gasteiger partial charge in [-0.3, -0.25) is 9.36 Å². The number of halogens is 1. The van der Waals surface area contributed by atoms with Crippen LogP contribution in [0.3, 0.4) is 0 Å². The van der Waals surface area contributed by atoms with Gasteiger partial charge in [-0.05, 0) is 30.7 Å². The van der Waals surface area contributed by atoms with Gasteiger partial charge in [0.1, 0.15) is 5.82 Å². The number of thioether (sulfide) groups is 1. The van der Waals surface area contributed by atoms with Gasteiger partial charge in [0, 0.05) is 12.9 Å². The van der Waals surface area contributed by atoms with E-state index in [9.17, 15) is 9.18 Å². The van der Waals surface area contributed by atoms with Crippen molar-refractivity contribution in [3.63, 3.8) is 0 Å². The number of hydrogen-bond acceptors (Lipinski definition) is 4. The van der Waals surface area contributed by atoms with Crippen LogP contribution in [-0.4, -0.2) is 23.3 Å². The third-order valence-electron chi connectivity index (χ3n) is 3.94. The maximum Gasteiger partial charge on any atom is 0.262 e. The Morgan fingerprint density at radius 3 is 2.68 bits per heavy atom. The standard InChI is InChI=1S/C19H19FN2O2S/c1-13(11-24-2)22-18(23)15-8-4-6-10-17(15)21-19(22)25-12-14-7-3-5-9-16(14)20/h3-10,13H,11-12H2,1-2H3/t13-/m0/s1. The van der Waals surface area contributed by atoms with Crippen LogP contribution in [0.2, 0.25) is 0 Å². The highest BCUT2D eigenvalue weighted by atomic mass is 32.2. The Hall–Kier alpha value is -2.18. The summed E-state index contributed by atoms with van der Waals surface area (Å²) in [5.41, 5.74) is 1.12. The van der Waals surface area contributed by atoms with E-state index >= 15 is 0 Å². The number of hydrogen-bond donors (Lipinski definition) is 0. The monoisotopic (exact) mass is 358 g/mol. The van der Waals surface area contributed by atoms with Crippen LogP contribution in [0.1, 0.15) is 18.5 Å². The normalized spacial score (nSPS) is 12.4. The molecule has 0 N–H and O–H groups in total. The number of methoxy groups -OCH3 is 1. The van der Waals surface area contributed by atoms with Gasteiger partial charge in [-0.25, -0.2) is 9.37 Å². The van der Waals surface area contributed by atoms with Gasteiger partial charge in [0.15, 0.2) is 5.16 Å². The summed E-state index contributed by atoms with van der Waals surface area (Å²) in [4.78, 5) is 17.6. The van der Waals surface area contributed by atoms with Crippen molar-refractivity contribution in [1.29, 1.82) is 0 Å². The number of nitrogens with zero attached hydrogens (tertiary/aromatic N) is 2. The lowest BCUT2D eigenvalue weighted by atomic mass is 10.2. The Balaban J connectivity index is 2.04. The predicted molar refractivity (Wildman–Crippen MR) is 98.6 cm³/mol. The second-order valence-corrected chi connectivity index (χ2v) is 6.71. The molecule has 3 rings (SSSR count). The fourth-order valence-electron chi connectivity index (χ4n) is 2.69. The van der Waals surface area contributed by atoms with Crippen molar-refractivity contribution in [2.45, 2.75) is 23.9 Å². The van der Waals surface area contributed by atoms with Crippen molar-refractivity contribution in [1.82, 2.24) is 9.55 Å². The molecule has 3 aromatic rings. The predicted octanol–water partition coefficient (Wildman–Crippen LogP) is 4.04. The molecule has 1 aromatic heterocycles. The molecule has 0 bridgehead atoms. The Kier molecular flexibility index (Phi) is 5.50. The fraction of sp³-hybridized carbons (Fsp3) is 0.263. The summed E-state index contributed by atoms with van der Waals surface area (Å²) in [5.74, 6) is 0.145. The second kappa shape index (κ2) is 7.80.